The van der Waals surface area contributed by atoms with Crippen molar-refractivity contribution < 1.29 is 36.9 Å². The van der Waals surface area contributed by atoms with E-state index in [2.05, 4.69) is 6.58 Å². The molecule has 0 aliphatic carbocycles. The van der Waals surface area contributed by atoms with Crippen molar-refractivity contribution in [1.82, 2.24) is 0 Å². The molecule has 91 valence electrons. The number of benzene rings is 1. The summed E-state index contributed by atoms with van der Waals surface area (Å²) in [6.07, 6.45) is 0. The van der Waals surface area contributed by atoms with Gasteiger partial charge < -0.3 is 10.2 Å². The summed E-state index contributed by atoms with van der Waals surface area (Å²) in [5, 5.41) is 16.3. The Balaban J connectivity index is 0. The van der Waals surface area contributed by atoms with Crippen LogP contribution >= 0.6 is 0 Å². The maximum absolute atomic E-state index is 10.2. The molecule has 0 unspecified atom stereocenters. The second-order valence-electron chi connectivity index (χ2n) is 2.76. The molecule has 5 heteroatoms. The van der Waals surface area contributed by atoms with E-state index < -0.39 is 11.9 Å². The van der Waals surface area contributed by atoms with Crippen LogP contribution in [-0.2, 0) is 21.9 Å². The number of rotatable bonds is 2. The molecular formula is C11H12CuO4. The van der Waals surface area contributed by atoms with Crippen LogP contribution in [0.1, 0.15) is 17.3 Å². The largest absolute Gasteiger partial charge is 0.478 e. The van der Waals surface area contributed by atoms with Crippen molar-refractivity contribution in [2.45, 2.75) is 6.92 Å². The van der Waals surface area contributed by atoms with Crippen molar-refractivity contribution in [3.63, 3.8) is 0 Å². The normalized spacial score (nSPS) is 7.81. The SMILES string of the molecule is C=C(C)C(=O)O.O=C(O)c1ccccc1.[Cu]. The molecule has 0 fully saturated rings. The first kappa shape index (κ1) is 16.8. The Hall–Kier alpha value is -1.58. The van der Waals surface area contributed by atoms with Gasteiger partial charge in [-0.15, -0.1) is 0 Å². The number of aliphatic carboxylic acids is 1. The number of carbonyl (C=O) groups is 2. The van der Waals surface area contributed by atoms with E-state index in [4.69, 9.17) is 10.2 Å². The van der Waals surface area contributed by atoms with Crippen molar-refractivity contribution >= 4 is 11.9 Å². The van der Waals surface area contributed by atoms with Crippen molar-refractivity contribution in [1.29, 1.82) is 0 Å². The number of aromatic carboxylic acids is 1. The van der Waals surface area contributed by atoms with Crippen LogP contribution in [0.5, 0.6) is 0 Å². The fourth-order valence-corrected chi connectivity index (χ4v) is 0.581. The van der Waals surface area contributed by atoms with Crippen LogP contribution in [0.2, 0.25) is 0 Å². The molecule has 0 saturated carbocycles. The quantitative estimate of drug-likeness (QED) is 0.638. The second-order valence-corrected chi connectivity index (χ2v) is 2.76. The molecule has 0 saturated heterocycles. The zero-order chi connectivity index (χ0) is 11.8. The molecule has 0 aliphatic heterocycles. The zero-order valence-electron chi connectivity index (χ0n) is 8.61. The summed E-state index contributed by atoms with van der Waals surface area (Å²) < 4.78 is 0. The topological polar surface area (TPSA) is 74.6 Å². The molecule has 0 spiro atoms. The van der Waals surface area contributed by atoms with Gasteiger partial charge in [-0.25, -0.2) is 9.59 Å². The Kier molecular flexibility index (Phi) is 9.16. The molecule has 1 rings (SSSR count). The van der Waals surface area contributed by atoms with E-state index in [0.717, 1.165) is 0 Å². The minimum atomic E-state index is -0.935. The van der Waals surface area contributed by atoms with Crippen LogP contribution in [0.25, 0.3) is 0 Å². The van der Waals surface area contributed by atoms with Crippen LogP contribution in [0.15, 0.2) is 42.5 Å². The number of hydrogen-bond acceptors (Lipinski definition) is 2. The van der Waals surface area contributed by atoms with Gasteiger partial charge in [-0.1, -0.05) is 24.8 Å². The molecule has 1 aromatic carbocycles. The standard InChI is InChI=1S/C7H6O2.C4H6O2.Cu/c8-7(9)6-4-2-1-3-5-6;1-3(2)4(5)6;/h1-5H,(H,8,9);1H2,2H3,(H,5,6);. The average Bonchev–Trinajstić information content (AvgIpc) is 2.20. The smallest absolute Gasteiger partial charge is 0.335 e. The molecule has 0 heterocycles. The average molecular weight is 272 g/mol. The van der Waals surface area contributed by atoms with E-state index in [9.17, 15) is 9.59 Å². The van der Waals surface area contributed by atoms with Crippen molar-refractivity contribution in [2.24, 2.45) is 0 Å². The summed E-state index contributed by atoms with van der Waals surface area (Å²) in [5.41, 5.74) is 0.507. The summed E-state index contributed by atoms with van der Waals surface area (Å²) in [7, 11) is 0. The van der Waals surface area contributed by atoms with E-state index in [-0.39, 0.29) is 22.6 Å². The predicted octanol–water partition coefficient (Wildman–Crippen LogP) is 2.03. The van der Waals surface area contributed by atoms with Crippen LogP contribution < -0.4 is 0 Å². The third-order valence-corrected chi connectivity index (χ3v) is 1.39. The summed E-state index contributed by atoms with van der Waals surface area (Å²) in [6, 6.07) is 8.30. The molecule has 0 amide bonds. The monoisotopic (exact) mass is 271 g/mol. The Labute approximate surface area is 104 Å². The number of carboxylic acid groups (broad SMARTS) is 2. The Morgan fingerprint density at radius 3 is 1.69 bits per heavy atom. The molecule has 0 atom stereocenters. The van der Waals surface area contributed by atoms with Gasteiger partial charge in [0, 0.05) is 22.6 Å². The molecule has 0 aliphatic rings. The maximum atomic E-state index is 10.2. The van der Waals surface area contributed by atoms with Gasteiger partial charge in [0.25, 0.3) is 0 Å². The van der Waals surface area contributed by atoms with Crippen LogP contribution in [-0.4, -0.2) is 22.2 Å². The van der Waals surface area contributed by atoms with Crippen molar-refractivity contribution in [2.75, 3.05) is 0 Å². The van der Waals surface area contributed by atoms with Gasteiger partial charge in [0.05, 0.1) is 5.56 Å². The number of carboxylic acids is 2. The van der Waals surface area contributed by atoms with E-state index in [0.29, 0.717) is 5.56 Å². The van der Waals surface area contributed by atoms with Crippen LogP contribution in [0.3, 0.4) is 0 Å². The van der Waals surface area contributed by atoms with E-state index in [1.807, 2.05) is 0 Å². The van der Waals surface area contributed by atoms with Crippen LogP contribution in [0, 0.1) is 0 Å². The van der Waals surface area contributed by atoms with Crippen molar-refractivity contribution in [3.05, 3.63) is 48.0 Å². The molecule has 1 radical (unpaired) electrons. The van der Waals surface area contributed by atoms with E-state index >= 15 is 0 Å². The van der Waals surface area contributed by atoms with E-state index in [1.165, 1.54) is 6.92 Å². The third-order valence-electron chi connectivity index (χ3n) is 1.39. The van der Waals surface area contributed by atoms with Gasteiger partial charge in [0.15, 0.2) is 0 Å². The summed E-state index contributed by atoms with van der Waals surface area (Å²) >= 11 is 0. The Bertz CT molecular complexity index is 348. The third kappa shape index (κ3) is 7.79. The van der Waals surface area contributed by atoms with Gasteiger partial charge in [-0.05, 0) is 19.1 Å². The Morgan fingerprint density at radius 1 is 1.12 bits per heavy atom. The molecule has 0 bridgehead atoms. The van der Waals surface area contributed by atoms with Gasteiger partial charge in [-0.3, -0.25) is 0 Å². The molecule has 0 aromatic heterocycles. The first-order chi connectivity index (χ1) is 6.95. The first-order valence-corrected chi connectivity index (χ1v) is 4.12. The van der Waals surface area contributed by atoms with Gasteiger partial charge in [0.1, 0.15) is 0 Å². The van der Waals surface area contributed by atoms with Gasteiger partial charge >= 0.3 is 11.9 Å². The summed E-state index contributed by atoms with van der Waals surface area (Å²) in [4.78, 5) is 19.8. The molecule has 16 heavy (non-hydrogen) atoms. The fraction of sp³-hybridized carbons (Fsp3) is 0.0909. The Morgan fingerprint density at radius 2 is 1.50 bits per heavy atom. The zero-order valence-corrected chi connectivity index (χ0v) is 9.55. The van der Waals surface area contributed by atoms with Crippen LogP contribution in [0.4, 0.5) is 0 Å². The summed E-state index contributed by atoms with van der Waals surface area (Å²) in [5.74, 6) is -1.81. The molecular weight excluding hydrogens is 260 g/mol. The first-order valence-electron chi connectivity index (χ1n) is 4.12. The van der Waals surface area contributed by atoms with Crippen molar-refractivity contribution in [3.8, 4) is 0 Å². The van der Waals surface area contributed by atoms with Gasteiger partial charge in [0.2, 0.25) is 0 Å². The predicted molar refractivity (Wildman–Crippen MR) is 55.9 cm³/mol. The molecule has 4 nitrogen and oxygen atoms in total. The van der Waals surface area contributed by atoms with E-state index in [1.54, 1.807) is 30.3 Å². The second kappa shape index (κ2) is 8.71. The molecule has 1 aromatic rings. The fourth-order valence-electron chi connectivity index (χ4n) is 0.581. The maximum Gasteiger partial charge on any atom is 0.335 e. The van der Waals surface area contributed by atoms with Gasteiger partial charge in [-0.2, -0.15) is 0 Å². The number of hydrogen-bond donors (Lipinski definition) is 2. The molecule has 2 N–H and O–H groups in total. The minimum Gasteiger partial charge on any atom is -0.478 e. The minimum absolute atomic E-state index is 0. The summed E-state index contributed by atoms with van der Waals surface area (Å²) in [6.45, 7) is 4.60.